The number of carbonyl (C=O) groups excluding carboxylic acids is 2. The van der Waals surface area contributed by atoms with Crippen LogP contribution in [0, 0.1) is 0 Å². The van der Waals surface area contributed by atoms with Crippen LogP contribution in [0.1, 0.15) is 15.9 Å². The van der Waals surface area contributed by atoms with Crippen LogP contribution < -0.4 is 0 Å². The normalized spacial score (nSPS) is 22.1. The van der Waals surface area contributed by atoms with Crippen molar-refractivity contribution in [1.29, 1.82) is 0 Å². The van der Waals surface area contributed by atoms with Gasteiger partial charge in [-0.1, -0.05) is 36.1 Å². The Morgan fingerprint density at radius 1 is 1.32 bits per heavy atom. The molecule has 1 N–H and O–H groups in total. The zero-order valence-electron chi connectivity index (χ0n) is 13.2. The number of hydrogen-bond donors (Lipinski definition) is 1. The fourth-order valence-corrected chi connectivity index (χ4v) is 4.76. The van der Waals surface area contributed by atoms with Crippen molar-refractivity contribution in [3.8, 4) is 0 Å². The number of aliphatic carboxylic acids is 1. The zero-order valence-corrected chi connectivity index (χ0v) is 15.6. The van der Waals surface area contributed by atoms with Gasteiger partial charge in [0.15, 0.2) is 0 Å². The van der Waals surface area contributed by atoms with Crippen LogP contribution in [0.4, 0.5) is 0 Å². The Hall–Kier alpha value is -1.84. The first kappa shape index (κ1) is 18.0. The fourth-order valence-electron chi connectivity index (χ4n) is 2.43. The van der Waals surface area contributed by atoms with Gasteiger partial charge in [0, 0.05) is 18.4 Å². The molecule has 2 aliphatic heterocycles. The van der Waals surface area contributed by atoms with E-state index < -0.39 is 12.0 Å². The number of carboxylic acids is 1. The minimum Gasteiger partial charge on any atom is -0.480 e. The molecule has 0 saturated carbocycles. The van der Waals surface area contributed by atoms with Crippen LogP contribution in [0.2, 0.25) is 0 Å². The highest BCUT2D eigenvalue weighted by Crippen LogP contribution is 2.31. The maximum absolute atomic E-state index is 12.5. The van der Waals surface area contributed by atoms with E-state index in [1.165, 1.54) is 33.3 Å². The molecule has 0 radical (unpaired) electrons. The molecule has 2 heterocycles. The Bertz CT molecular complexity index is 791. The number of thiocarbonyl (C=S) groups is 1. The highest BCUT2D eigenvalue weighted by atomic mass is 32.2. The van der Waals surface area contributed by atoms with Gasteiger partial charge in [-0.2, -0.15) is 0 Å². The molecule has 2 fully saturated rings. The molecule has 3 rings (SSSR count). The van der Waals surface area contributed by atoms with Gasteiger partial charge >= 0.3 is 5.97 Å². The van der Waals surface area contributed by atoms with E-state index in [2.05, 4.69) is 0 Å². The summed E-state index contributed by atoms with van der Waals surface area (Å²) in [6.45, 7) is 0. The number of rotatable bonds is 3. The third kappa shape index (κ3) is 3.58. The van der Waals surface area contributed by atoms with Crippen molar-refractivity contribution in [2.24, 2.45) is 0 Å². The lowest BCUT2D eigenvalue weighted by Crippen LogP contribution is -2.41. The molecule has 0 aromatic heterocycles. The number of benzene rings is 1. The summed E-state index contributed by atoms with van der Waals surface area (Å²) in [6.07, 6.45) is 1.73. The maximum atomic E-state index is 12.5. The van der Waals surface area contributed by atoms with Gasteiger partial charge in [0.2, 0.25) is 0 Å². The second kappa shape index (κ2) is 7.19. The Morgan fingerprint density at radius 3 is 2.56 bits per heavy atom. The van der Waals surface area contributed by atoms with E-state index >= 15 is 0 Å². The fraction of sp³-hybridized carbons (Fsp3) is 0.250. The predicted molar refractivity (Wildman–Crippen MR) is 102 cm³/mol. The molecular formula is C16H14N2O4S3. The largest absolute Gasteiger partial charge is 0.480 e. The van der Waals surface area contributed by atoms with E-state index in [1.54, 1.807) is 37.4 Å². The molecule has 2 amide bonds. The molecule has 9 heteroatoms. The predicted octanol–water partition coefficient (Wildman–Crippen LogP) is 2.12. The minimum absolute atomic E-state index is 0.145. The van der Waals surface area contributed by atoms with Crippen LogP contribution in [0.25, 0.3) is 6.08 Å². The number of thioether (sulfide) groups is 2. The topological polar surface area (TPSA) is 77.9 Å². The van der Waals surface area contributed by atoms with Crippen molar-refractivity contribution in [1.82, 2.24) is 9.80 Å². The van der Waals surface area contributed by atoms with Crippen molar-refractivity contribution in [2.75, 3.05) is 18.7 Å². The molecule has 0 spiro atoms. The van der Waals surface area contributed by atoms with Crippen molar-refractivity contribution >= 4 is 63.9 Å². The lowest BCUT2D eigenvalue weighted by atomic mass is 10.1. The van der Waals surface area contributed by atoms with Crippen molar-refractivity contribution in [2.45, 2.75) is 6.04 Å². The lowest BCUT2D eigenvalue weighted by molar-refractivity contribution is -0.140. The Morgan fingerprint density at radius 2 is 2.00 bits per heavy atom. The van der Waals surface area contributed by atoms with E-state index in [9.17, 15) is 19.5 Å². The third-order valence-corrected chi connectivity index (χ3v) is 6.37. The van der Waals surface area contributed by atoms with Crippen LogP contribution in [0.5, 0.6) is 0 Å². The van der Waals surface area contributed by atoms with Gasteiger partial charge < -0.3 is 10.0 Å². The van der Waals surface area contributed by atoms with Crippen LogP contribution in [0.15, 0.2) is 29.2 Å². The van der Waals surface area contributed by atoms with Crippen LogP contribution in [-0.2, 0) is 9.59 Å². The number of amides is 2. The van der Waals surface area contributed by atoms with Gasteiger partial charge in [-0.05, 0) is 23.8 Å². The second-order valence-electron chi connectivity index (χ2n) is 5.49. The number of likely N-dealkylation sites (N-methyl/N-ethyl adjacent to an activating group) is 1. The molecular weight excluding hydrogens is 380 g/mol. The molecule has 0 bridgehead atoms. The van der Waals surface area contributed by atoms with Gasteiger partial charge in [-0.15, -0.1) is 11.8 Å². The maximum Gasteiger partial charge on any atom is 0.327 e. The molecule has 2 saturated heterocycles. The zero-order chi connectivity index (χ0) is 18.1. The molecule has 1 unspecified atom stereocenters. The Balaban J connectivity index is 1.77. The standard InChI is InChI=1S/C16H14N2O4S3/c1-17-14(20)12(25-16(17)23)6-9-2-4-10(5-3-9)13(19)18-8-24-7-11(18)15(21)22/h2-6,11H,7-8H2,1H3,(H,21,22)/b12-6-. The molecule has 1 aromatic carbocycles. The van der Waals surface area contributed by atoms with Gasteiger partial charge in [0.05, 0.1) is 10.8 Å². The molecule has 1 aromatic rings. The first-order valence-corrected chi connectivity index (χ1v) is 9.69. The summed E-state index contributed by atoms with van der Waals surface area (Å²) in [5, 5.41) is 9.19. The van der Waals surface area contributed by atoms with E-state index in [0.29, 0.717) is 26.4 Å². The number of carboxylic acid groups (broad SMARTS) is 1. The van der Waals surface area contributed by atoms with Crippen molar-refractivity contribution < 1.29 is 19.5 Å². The SMILES string of the molecule is CN1C(=O)/C(=C/c2ccc(C(=O)N3CSCC3C(=O)O)cc2)SC1=S. The molecule has 25 heavy (non-hydrogen) atoms. The first-order valence-electron chi connectivity index (χ1n) is 7.31. The smallest absolute Gasteiger partial charge is 0.327 e. The number of carbonyl (C=O) groups is 3. The summed E-state index contributed by atoms with van der Waals surface area (Å²) in [5.74, 6) is -0.664. The third-order valence-electron chi connectivity index (χ3n) is 3.87. The van der Waals surface area contributed by atoms with Gasteiger partial charge in [0.25, 0.3) is 11.8 Å². The average Bonchev–Trinajstić information content (AvgIpc) is 3.17. The van der Waals surface area contributed by atoms with Crippen LogP contribution in [-0.4, -0.2) is 61.7 Å². The summed E-state index contributed by atoms with van der Waals surface area (Å²) in [4.78, 5) is 39.0. The van der Waals surface area contributed by atoms with Gasteiger partial charge in [-0.25, -0.2) is 4.79 Å². The van der Waals surface area contributed by atoms with Crippen molar-refractivity contribution in [3.05, 3.63) is 40.3 Å². The van der Waals surface area contributed by atoms with E-state index in [1.807, 2.05) is 0 Å². The average molecular weight is 394 g/mol. The van der Waals surface area contributed by atoms with Crippen LogP contribution >= 0.6 is 35.7 Å². The highest BCUT2D eigenvalue weighted by Gasteiger charge is 2.35. The number of nitrogens with zero attached hydrogens (tertiary/aromatic N) is 2. The minimum atomic E-state index is -0.989. The summed E-state index contributed by atoms with van der Waals surface area (Å²) < 4.78 is 0.509. The number of hydrogen-bond acceptors (Lipinski definition) is 6. The second-order valence-corrected chi connectivity index (χ2v) is 8.17. The lowest BCUT2D eigenvalue weighted by Gasteiger charge is -2.20. The Labute approximate surface area is 158 Å². The molecule has 130 valence electrons. The summed E-state index contributed by atoms with van der Waals surface area (Å²) >= 11 is 7.75. The molecule has 2 aliphatic rings. The van der Waals surface area contributed by atoms with Gasteiger partial charge in [-0.3, -0.25) is 14.5 Å². The summed E-state index contributed by atoms with van der Waals surface area (Å²) in [7, 11) is 1.63. The quantitative estimate of drug-likeness (QED) is 0.621. The molecule has 0 aliphatic carbocycles. The van der Waals surface area contributed by atoms with E-state index in [0.717, 1.165) is 5.56 Å². The summed E-state index contributed by atoms with van der Waals surface area (Å²) in [6, 6.07) is 5.96. The monoisotopic (exact) mass is 394 g/mol. The van der Waals surface area contributed by atoms with E-state index in [4.69, 9.17) is 12.2 Å². The van der Waals surface area contributed by atoms with Crippen molar-refractivity contribution in [3.63, 3.8) is 0 Å². The Kier molecular flexibility index (Phi) is 5.16. The van der Waals surface area contributed by atoms with E-state index in [-0.39, 0.29) is 11.8 Å². The summed E-state index contributed by atoms with van der Waals surface area (Å²) in [5.41, 5.74) is 1.20. The highest BCUT2D eigenvalue weighted by molar-refractivity contribution is 8.26. The first-order chi connectivity index (χ1) is 11.9. The molecule has 6 nitrogen and oxygen atoms in total. The van der Waals surface area contributed by atoms with Gasteiger partial charge in [0.1, 0.15) is 10.4 Å². The van der Waals surface area contributed by atoms with Crippen LogP contribution in [0.3, 0.4) is 0 Å². The molecule has 1 atom stereocenters.